The first-order chi connectivity index (χ1) is 19.8. The molecule has 208 valence electrons. The molecule has 0 atom stereocenters. The fourth-order valence-corrected chi connectivity index (χ4v) is 6.23. The smallest absolute Gasteiger partial charge is 0.173 e. The largest absolute Gasteiger partial charge is 0.293 e. The number of hydrogen-bond donors (Lipinski definition) is 0. The standard InChI is InChI=1S/C33H24Br4O4/c34-17-29(38)21-1-9-25(10-2-21)33(26-11-3-22(4-12-26)30(39)18-35,27-13-5-23(6-14-27)31(40)19-36)28-15-7-24(8-16-28)32(41)20-37/h1-16H,17-20H2. The van der Waals surface area contributed by atoms with Crippen LogP contribution in [0.3, 0.4) is 0 Å². The molecule has 0 radical (unpaired) electrons. The normalized spacial score (nSPS) is 11.2. The molecule has 4 nitrogen and oxygen atoms in total. The average molecular weight is 804 g/mol. The Kier molecular flexibility index (Phi) is 10.8. The second-order valence-electron chi connectivity index (χ2n) is 9.29. The Morgan fingerprint density at radius 1 is 0.366 bits per heavy atom. The molecule has 0 spiro atoms. The molecule has 4 aromatic carbocycles. The molecule has 0 fully saturated rings. The predicted octanol–water partition coefficient (Wildman–Crippen LogP) is 8.38. The number of benzene rings is 4. The molecular weight excluding hydrogens is 780 g/mol. The highest BCUT2D eigenvalue weighted by atomic mass is 79.9. The molecule has 41 heavy (non-hydrogen) atoms. The Labute approximate surface area is 272 Å². The summed E-state index contributed by atoms with van der Waals surface area (Å²) >= 11 is 13.0. The van der Waals surface area contributed by atoms with E-state index in [1.54, 1.807) is 0 Å². The number of ketones is 4. The lowest BCUT2D eigenvalue weighted by Gasteiger charge is -2.37. The third-order valence-electron chi connectivity index (χ3n) is 7.05. The zero-order valence-electron chi connectivity index (χ0n) is 21.7. The van der Waals surface area contributed by atoms with Gasteiger partial charge in [-0.1, -0.05) is 161 Å². The van der Waals surface area contributed by atoms with E-state index in [9.17, 15) is 19.2 Å². The van der Waals surface area contributed by atoms with Gasteiger partial charge in [0.15, 0.2) is 23.1 Å². The summed E-state index contributed by atoms with van der Waals surface area (Å²) in [6, 6.07) is 29.9. The fraction of sp³-hybridized carbons (Fsp3) is 0.152. The lowest BCUT2D eigenvalue weighted by molar-refractivity contribution is 0.101. The second-order valence-corrected chi connectivity index (χ2v) is 11.5. The SMILES string of the molecule is O=C(CBr)c1ccc(C(c2ccc(C(=O)CBr)cc2)(c2ccc(C(=O)CBr)cc2)c2ccc(C(=O)CBr)cc2)cc1. The van der Waals surface area contributed by atoms with E-state index in [1.165, 1.54) is 0 Å². The Balaban J connectivity index is 2.05. The molecule has 0 unspecified atom stereocenters. The van der Waals surface area contributed by atoms with Gasteiger partial charge in [-0.2, -0.15) is 0 Å². The molecular formula is C33H24Br4O4. The van der Waals surface area contributed by atoms with Gasteiger partial charge < -0.3 is 0 Å². The van der Waals surface area contributed by atoms with E-state index in [-0.39, 0.29) is 44.5 Å². The van der Waals surface area contributed by atoms with Crippen molar-refractivity contribution in [1.29, 1.82) is 0 Å². The van der Waals surface area contributed by atoms with Crippen LogP contribution in [0.1, 0.15) is 63.7 Å². The lowest BCUT2D eigenvalue weighted by atomic mass is 9.64. The van der Waals surface area contributed by atoms with Crippen molar-refractivity contribution in [2.45, 2.75) is 5.41 Å². The summed E-state index contributed by atoms with van der Waals surface area (Å²) in [7, 11) is 0. The molecule has 0 bridgehead atoms. The van der Waals surface area contributed by atoms with Gasteiger partial charge in [0.05, 0.1) is 26.7 Å². The molecule has 0 aliphatic carbocycles. The topological polar surface area (TPSA) is 68.3 Å². The zero-order chi connectivity index (χ0) is 29.6. The van der Waals surface area contributed by atoms with Crippen molar-refractivity contribution in [3.8, 4) is 0 Å². The Morgan fingerprint density at radius 2 is 0.537 bits per heavy atom. The highest BCUT2D eigenvalue weighted by Gasteiger charge is 2.39. The van der Waals surface area contributed by atoms with Gasteiger partial charge in [-0.15, -0.1) is 0 Å². The molecule has 8 heteroatoms. The molecule has 0 aliphatic heterocycles. The van der Waals surface area contributed by atoms with E-state index in [2.05, 4.69) is 63.7 Å². The summed E-state index contributed by atoms with van der Waals surface area (Å²) in [5.41, 5.74) is 4.92. The summed E-state index contributed by atoms with van der Waals surface area (Å²) in [4.78, 5) is 49.7. The molecule has 0 aromatic heterocycles. The number of halogens is 4. The van der Waals surface area contributed by atoms with E-state index in [4.69, 9.17) is 0 Å². The van der Waals surface area contributed by atoms with E-state index < -0.39 is 5.41 Å². The van der Waals surface area contributed by atoms with Gasteiger partial charge in [0.25, 0.3) is 0 Å². The van der Waals surface area contributed by atoms with Crippen LogP contribution in [0, 0.1) is 0 Å². The van der Waals surface area contributed by atoms with Crippen LogP contribution in [0.15, 0.2) is 97.1 Å². The van der Waals surface area contributed by atoms with Gasteiger partial charge in [0, 0.05) is 22.3 Å². The molecule has 0 aliphatic rings. The van der Waals surface area contributed by atoms with Gasteiger partial charge in [-0.25, -0.2) is 0 Å². The van der Waals surface area contributed by atoms with E-state index >= 15 is 0 Å². The monoisotopic (exact) mass is 800 g/mol. The van der Waals surface area contributed by atoms with Crippen molar-refractivity contribution in [3.05, 3.63) is 142 Å². The summed E-state index contributed by atoms with van der Waals surface area (Å²) < 4.78 is 0. The van der Waals surface area contributed by atoms with Crippen LogP contribution in [0.25, 0.3) is 0 Å². The number of alkyl halides is 4. The molecule has 0 N–H and O–H groups in total. The van der Waals surface area contributed by atoms with Crippen LogP contribution in [0.2, 0.25) is 0 Å². The Bertz CT molecular complexity index is 1320. The minimum absolute atomic E-state index is 0.0323. The van der Waals surface area contributed by atoms with Gasteiger partial charge in [0.1, 0.15) is 0 Å². The van der Waals surface area contributed by atoms with Crippen molar-refractivity contribution in [3.63, 3.8) is 0 Å². The minimum Gasteiger partial charge on any atom is -0.293 e. The van der Waals surface area contributed by atoms with Crippen molar-refractivity contribution in [1.82, 2.24) is 0 Å². The molecule has 0 saturated heterocycles. The Morgan fingerprint density at radius 3 is 0.683 bits per heavy atom. The van der Waals surface area contributed by atoms with Crippen LogP contribution in [0.5, 0.6) is 0 Å². The molecule has 0 saturated carbocycles. The van der Waals surface area contributed by atoms with E-state index in [0.717, 1.165) is 22.3 Å². The van der Waals surface area contributed by atoms with Crippen LogP contribution >= 0.6 is 63.7 Å². The Hall–Kier alpha value is -2.52. The average Bonchev–Trinajstić information content (AvgIpc) is 3.04. The molecule has 0 heterocycles. The maximum atomic E-state index is 12.4. The lowest BCUT2D eigenvalue weighted by Crippen LogP contribution is -2.31. The van der Waals surface area contributed by atoms with Crippen molar-refractivity contribution in [2.24, 2.45) is 0 Å². The maximum Gasteiger partial charge on any atom is 0.173 e. The summed E-state index contributed by atoms with van der Waals surface area (Å²) in [6.07, 6.45) is 0. The third-order valence-corrected chi connectivity index (χ3v) is 9.08. The van der Waals surface area contributed by atoms with E-state index in [1.807, 2.05) is 97.1 Å². The molecule has 4 rings (SSSR count). The number of hydrogen-bond acceptors (Lipinski definition) is 4. The quantitative estimate of drug-likeness (QED) is 0.0821. The van der Waals surface area contributed by atoms with Gasteiger partial charge >= 0.3 is 0 Å². The predicted molar refractivity (Wildman–Crippen MR) is 177 cm³/mol. The number of carbonyl (C=O) groups excluding carboxylic acids is 4. The van der Waals surface area contributed by atoms with Crippen molar-refractivity contribution in [2.75, 3.05) is 21.3 Å². The zero-order valence-corrected chi connectivity index (χ0v) is 28.1. The van der Waals surface area contributed by atoms with Gasteiger partial charge in [-0.3, -0.25) is 19.2 Å². The second kappa shape index (κ2) is 14.1. The first kappa shape index (κ1) is 31.4. The first-order valence-electron chi connectivity index (χ1n) is 12.6. The minimum atomic E-state index is -0.905. The van der Waals surface area contributed by atoms with Crippen LogP contribution < -0.4 is 0 Å². The summed E-state index contributed by atoms with van der Waals surface area (Å²) in [5, 5.41) is 0.860. The van der Waals surface area contributed by atoms with Crippen LogP contribution in [-0.4, -0.2) is 44.5 Å². The maximum absolute atomic E-state index is 12.4. The van der Waals surface area contributed by atoms with Gasteiger partial charge in [-0.05, 0) is 22.3 Å². The summed E-state index contributed by atoms with van der Waals surface area (Å²) in [5.74, 6) is -0.129. The molecule has 4 aromatic rings. The van der Waals surface area contributed by atoms with Gasteiger partial charge in [0.2, 0.25) is 0 Å². The van der Waals surface area contributed by atoms with E-state index in [0.29, 0.717) is 22.3 Å². The first-order valence-corrected chi connectivity index (χ1v) is 17.1. The summed E-state index contributed by atoms with van der Waals surface area (Å²) in [6.45, 7) is 0. The van der Waals surface area contributed by atoms with Crippen molar-refractivity contribution < 1.29 is 19.2 Å². The van der Waals surface area contributed by atoms with Crippen LogP contribution in [0.4, 0.5) is 0 Å². The fourth-order valence-electron chi connectivity index (χ4n) is 4.93. The number of Topliss-reactive ketones (excluding diaryl/α,β-unsaturated/α-hetero) is 4. The number of carbonyl (C=O) groups is 4. The van der Waals surface area contributed by atoms with Crippen molar-refractivity contribution >= 4 is 86.9 Å². The van der Waals surface area contributed by atoms with Crippen LogP contribution in [-0.2, 0) is 5.41 Å². The highest BCUT2D eigenvalue weighted by molar-refractivity contribution is 9.10. The number of rotatable bonds is 12. The molecule has 0 amide bonds. The third kappa shape index (κ3) is 6.46. The highest BCUT2D eigenvalue weighted by Crippen LogP contribution is 2.45.